The van der Waals surface area contributed by atoms with Crippen LogP contribution in [-0.4, -0.2) is 10.2 Å². The highest BCUT2D eigenvalue weighted by molar-refractivity contribution is 5.76. The van der Waals surface area contributed by atoms with Crippen molar-refractivity contribution in [1.82, 2.24) is 10.2 Å². The zero-order valence-electron chi connectivity index (χ0n) is 5.66. The highest BCUT2D eigenvalue weighted by atomic mass is 16.1. The second kappa shape index (κ2) is 2.20. The molecule has 0 amide bonds. The van der Waals surface area contributed by atoms with Crippen LogP contribution in [0.15, 0.2) is 29.1 Å². The summed E-state index contributed by atoms with van der Waals surface area (Å²) >= 11 is 0. The first-order chi connectivity index (χ1) is 5.38. The largest absolute Gasteiger partial charge is 0.287 e. The van der Waals surface area contributed by atoms with Crippen molar-refractivity contribution in [1.29, 1.82) is 0 Å². The Balaban J connectivity index is 3.03. The van der Waals surface area contributed by atoms with Gasteiger partial charge in [-0.05, 0) is 12.1 Å². The maximum absolute atomic E-state index is 11.0. The Hall–Kier alpha value is -1.64. The molecule has 2 rings (SSSR count). The molecule has 1 heterocycles. The van der Waals surface area contributed by atoms with Crippen molar-refractivity contribution >= 4 is 10.9 Å². The van der Waals surface area contributed by atoms with E-state index in [-0.39, 0.29) is 5.43 Å². The second-order valence-corrected chi connectivity index (χ2v) is 2.21. The highest BCUT2D eigenvalue weighted by Gasteiger charge is 1.94. The molecule has 3 heteroatoms. The molecule has 3 nitrogen and oxygen atoms in total. The van der Waals surface area contributed by atoms with Crippen molar-refractivity contribution in [2.75, 3.05) is 0 Å². The lowest BCUT2D eigenvalue weighted by Gasteiger charge is -1.91. The molecule has 0 fully saturated rings. The highest BCUT2D eigenvalue weighted by Crippen LogP contribution is 2.02. The minimum absolute atomic E-state index is 0.167. The third-order valence-corrected chi connectivity index (χ3v) is 1.51. The van der Waals surface area contributed by atoms with Gasteiger partial charge in [0.15, 0.2) is 6.20 Å². The van der Waals surface area contributed by atoms with Crippen LogP contribution < -0.4 is 5.43 Å². The number of hydrogen-bond acceptors (Lipinski definition) is 2. The first-order valence-corrected chi connectivity index (χ1v) is 3.23. The maximum Gasteiger partial charge on any atom is 0.217 e. The molecule has 1 radical (unpaired) electrons. The van der Waals surface area contributed by atoms with Crippen LogP contribution in [0.1, 0.15) is 0 Å². The zero-order valence-corrected chi connectivity index (χ0v) is 5.66. The zero-order chi connectivity index (χ0) is 7.68. The predicted molar refractivity (Wildman–Crippen MR) is 41.2 cm³/mol. The van der Waals surface area contributed by atoms with Gasteiger partial charge in [-0.25, -0.2) is 0 Å². The first kappa shape index (κ1) is 6.09. The minimum atomic E-state index is -0.167. The fourth-order valence-corrected chi connectivity index (χ4v) is 0.978. The predicted octanol–water partition coefficient (Wildman–Crippen LogP) is 0.723. The van der Waals surface area contributed by atoms with E-state index in [1.54, 1.807) is 12.1 Å². The summed E-state index contributed by atoms with van der Waals surface area (Å²) < 4.78 is 0. The third kappa shape index (κ3) is 0.902. The Morgan fingerprint density at radius 1 is 1.36 bits per heavy atom. The van der Waals surface area contributed by atoms with Crippen molar-refractivity contribution in [3.8, 4) is 0 Å². The third-order valence-electron chi connectivity index (χ3n) is 1.51. The summed E-state index contributed by atoms with van der Waals surface area (Å²) in [4.78, 5) is 11.0. The molecule has 0 aliphatic heterocycles. The number of benzene rings is 1. The number of para-hydroxylation sites is 1. The average Bonchev–Trinajstić information content (AvgIpc) is 2.06. The van der Waals surface area contributed by atoms with Gasteiger partial charge >= 0.3 is 0 Å². The van der Waals surface area contributed by atoms with Gasteiger partial charge in [0.1, 0.15) is 0 Å². The summed E-state index contributed by atoms with van der Waals surface area (Å²) in [6, 6.07) is 7.20. The Labute approximate surface area is 62.7 Å². The summed E-state index contributed by atoms with van der Waals surface area (Å²) in [5, 5.41) is 6.86. The van der Waals surface area contributed by atoms with E-state index in [1.165, 1.54) is 0 Å². The first-order valence-electron chi connectivity index (χ1n) is 3.23. The molecule has 53 valence electrons. The van der Waals surface area contributed by atoms with Gasteiger partial charge in [-0.2, -0.15) is 5.10 Å². The topological polar surface area (TPSA) is 45.8 Å². The van der Waals surface area contributed by atoms with Crippen molar-refractivity contribution < 1.29 is 0 Å². The van der Waals surface area contributed by atoms with E-state index in [9.17, 15) is 4.79 Å². The molecule has 0 aliphatic carbocycles. The lowest BCUT2D eigenvalue weighted by atomic mass is 10.2. The summed E-state index contributed by atoms with van der Waals surface area (Å²) in [6.45, 7) is 0. The molecule has 11 heavy (non-hydrogen) atoms. The van der Waals surface area contributed by atoms with Crippen LogP contribution in [-0.2, 0) is 0 Å². The lowest BCUT2D eigenvalue weighted by molar-refractivity contribution is 1.05. The molecule has 1 N–H and O–H groups in total. The van der Waals surface area contributed by atoms with E-state index in [0.29, 0.717) is 5.39 Å². The van der Waals surface area contributed by atoms with Crippen LogP contribution in [0.2, 0.25) is 0 Å². The van der Waals surface area contributed by atoms with Crippen LogP contribution in [0.25, 0.3) is 10.9 Å². The van der Waals surface area contributed by atoms with Gasteiger partial charge in [0, 0.05) is 5.39 Å². The van der Waals surface area contributed by atoms with E-state index in [0.717, 1.165) is 5.52 Å². The fraction of sp³-hybridized carbons (Fsp3) is 0. The number of fused-ring (bicyclic) bond motifs is 1. The maximum atomic E-state index is 11.0. The summed E-state index contributed by atoms with van der Waals surface area (Å²) in [6.07, 6.45) is 2.31. The van der Waals surface area contributed by atoms with Gasteiger partial charge in [0.2, 0.25) is 5.43 Å². The molecule has 1 aromatic carbocycles. The summed E-state index contributed by atoms with van der Waals surface area (Å²) in [5.41, 5.74) is 0.579. The Bertz CT molecular complexity index is 428. The smallest absolute Gasteiger partial charge is 0.217 e. The normalized spacial score (nSPS) is 10.2. The molecule has 0 unspecified atom stereocenters. The number of nitrogens with zero attached hydrogens (tertiary/aromatic N) is 1. The molecule has 1 aromatic heterocycles. The van der Waals surface area contributed by atoms with Gasteiger partial charge in [0.05, 0.1) is 5.52 Å². The number of H-pyrrole nitrogens is 1. The minimum Gasteiger partial charge on any atom is -0.287 e. The van der Waals surface area contributed by atoms with Crippen LogP contribution >= 0.6 is 0 Å². The SMILES string of the molecule is O=c1[c]n[nH]c2ccccc12. The molecule has 0 atom stereocenters. The number of aromatic nitrogens is 2. The molecule has 2 aromatic rings. The van der Waals surface area contributed by atoms with Crippen LogP contribution in [0.4, 0.5) is 0 Å². The van der Waals surface area contributed by atoms with Crippen LogP contribution in [0.5, 0.6) is 0 Å². The van der Waals surface area contributed by atoms with E-state index in [2.05, 4.69) is 16.4 Å². The van der Waals surface area contributed by atoms with Gasteiger partial charge in [0.25, 0.3) is 0 Å². The molecule has 0 aliphatic rings. The van der Waals surface area contributed by atoms with Crippen molar-refractivity contribution in [3.63, 3.8) is 0 Å². The molecule has 0 saturated heterocycles. The molecular formula is C8H5N2O. The molecular weight excluding hydrogens is 140 g/mol. The average molecular weight is 145 g/mol. The van der Waals surface area contributed by atoms with Crippen LogP contribution in [0.3, 0.4) is 0 Å². The van der Waals surface area contributed by atoms with E-state index in [1.807, 2.05) is 12.1 Å². The molecule has 0 bridgehead atoms. The number of aromatic amines is 1. The lowest BCUT2D eigenvalue weighted by Crippen LogP contribution is -2.02. The Kier molecular flexibility index (Phi) is 1.22. The number of hydrogen-bond donors (Lipinski definition) is 1. The fourth-order valence-electron chi connectivity index (χ4n) is 0.978. The summed E-state index contributed by atoms with van der Waals surface area (Å²) in [7, 11) is 0. The summed E-state index contributed by atoms with van der Waals surface area (Å²) in [5.74, 6) is 0. The van der Waals surface area contributed by atoms with Gasteiger partial charge < -0.3 is 0 Å². The number of nitrogens with one attached hydrogen (secondary N) is 1. The van der Waals surface area contributed by atoms with E-state index < -0.39 is 0 Å². The second-order valence-electron chi connectivity index (χ2n) is 2.21. The molecule has 0 saturated carbocycles. The van der Waals surface area contributed by atoms with E-state index >= 15 is 0 Å². The van der Waals surface area contributed by atoms with Gasteiger partial charge in [-0.3, -0.25) is 9.89 Å². The Morgan fingerprint density at radius 2 is 2.18 bits per heavy atom. The Morgan fingerprint density at radius 3 is 3.00 bits per heavy atom. The van der Waals surface area contributed by atoms with Gasteiger partial charge in [-0.15, -0.1) is 0 Å². The van der Waals surface area contributed by atoms with Crippen molar-refractivity contribution in [2.24, 2.45) is 0 Å². The molecule has 0 spiro atoms. The number of rotatable bonds is 0. The van der Waals surface area contributed by atoms with E-state index in [4.69, 9.17) is 0 Å². The quantitative estimate of drug-likeness (QED) is 0.593. The van der Waals surface area contributed by atoms with Crippen molar-refractivity contribution in [2.45, 2.75) is 0 Å². The van der Waals surface area contributed by atoms with Crippen molar-refractivity contribution in [3.05, 3.63) is 40.7 Å². The van der Waals surface area contributed by atoms with Crippen LogP contribution in [0, 0.1) is 6.20 Å². The van der Waals surface area contributed by atoms with Gasteiger partial charge in [-0.1, -0.05) is 12.1 Å². The standard InChI is InChI=1S/C8H5N2O/c11-8-5-9-10-7-4-2-1-3-6(7)8/h1-4H,(H,10,11). The monoisotopic (exact) mass is 145 g/mol.